The van der Waals surface area contributed by atoms with Crippen molar-refractivity contribution in [2.45, 2.75) is 13.5 Å². The molecule has 0 bridgehead atoms. The highest BCUT2D eigenvalue weighted by Gasteiger charge is 2.16. The summed E-state index contributed by atoms with van der Waals surface area (Å²) in [6, 6.07) is 11.5. The van der Waals surface area contributed by atoms with E-state index in [-0.39, 0.29) is 6.79 Å². The fourth-order valence-corrected chi connectivity index (χ4v) is 2.45. The smallest absolute Gasteiger partial charge is 0.231 e. The molecule has 1 aliphatic rings. The highest BCUT2D eigenvalue weighted by atomic mass is 35.5. The summed E-state index contributed by atoms with van der Waals surface area (Å²) >= 11 is 6.17. The lowest BCUT2D eigenvalue weighted by Crippen LogP contribution is -2.01. The van der Waals surface area contributed by atoms with Crippen LogP contribution >= 0.6 is 11.6 Å². The van der Waals surface area contributed by atoms with E-state index in [2.05, 4.69) is 5.32 Å². The molecule has 110 valence electrons. The molecule has 0 aromatic heterocycles. The first-order valence-electron chi connectivity index (χ1n) is 6.81. The molecule has 0 spiro atoms. The number of fused-ring (bicyclic) bond motifs is 1. The van der Waals surface area contributed by atoms with Gasteiger partial charge in [-0.3, -0.25) is 0 Å². The first-order valence-corrected chi connectivity index (χ1v) is 7.19. The Balaban J connectivity index is 1.71. The molecule has 0 amide bonds. The summed E-state index contributed by atoms with van der Waals surface area (Å²) in [5.74, 6) is 2.29. The van der Waals surface area contributed by atoms with E-state index in [9.17, 15) is 0 Å². The molecule has 2 aromatic rings. The zero-order valence-corrected chi connectivity index (χ0v) is 12.4. The molecule has 0 saturated carbocycles. The summed E-state index contributed by atoms with van der Waals surface area (Å²) in [7, 11) is 0. The van der Waals surface area contributed by atoms with Crippen LogP contribution in [0.4, 0.5) is 5.69 Å². The van der Waals surface area contributed by atoms with Gasteiger partial charge < -0.3 is 19.5 Å². The fourth-order valence-electron chi connectivity index (χ4n) is 2.21. The Morgan fingerprint density at radius 2 is 2.14 bits per heavy atom. The molecule has 1 N–H and O–H groups in total. The van der Waals surface area contributed by atoms with Gasteiger partial charge in [-0.2, -0.15) is 0 Å². The molecule has 0 fully saturated rings. The average Bonchev–Trinajstić information content (AvgIpc) is 2.97. The number of benzene rings is 2. The fraction of sp³-hybridized carbons (Fsp3) is 0.250. The van der Waals surface area contributed by atoms with Gasteiger partial charge in [-0.1, -0.05) is 23.7 Å². The minimum absolute atomic E-state index is 0.279. The predicted octanol–water partition coefficient (Wildman–Crippen LogP) is 4.08. The Hall–Kier alpha value is -2.07. The maximum absolute atomic E-state index is 6.17. The summed E-state index contributed by atoms with van der Waals surface area (Å²) in [5, 5.41) is 3.92. The normalized spacial score (nSPS) is 12.3. The summed E-state index contributed by atoms with van der Waals surface area (Å²) in [6.07, 6.45) is 0. The van der Waals surface area contributed by atoms with Crippen molar-refractivity contribution >= 4 is 17.3 Å². The molecule has 0 unspecified atom stereocenters. The van der Waals surface area contributed by atoms with Crippen LogP contribution in [0, 0.1) is 0 Å². The predicted molar refractivity (Wildman–Crippen MR) is 82.5 cm³/mol. The van der Waals surface area contributed by atoms with E-state index >= 15 is 0 Å². The molecule has 4 nitrogen and oxygen atoms in total. The van der Waals surface area contributed by atoms with E-state index in [4.69, 9.17) is 25.8 Å². The van der Waals surface area contributed by atoms with E-state index in [1.165, 1.54) is 0 Å². The number of ether oxygens (including phenoxy) is 3. The number of nitrogens with one attached hydrogen (secondary N) is 1. The molecular weight excluding hydrogens is 290 g/mol. The summed E-state index contributed by atoms with van der Waals surface area (Å²) in [6.45, 7) is 3.44. The Morgan fingerprint density at radius 1 is 1.24 bits per heavy atom. The van der Waals surface area contributed by atoms with Crippen molar-refractivity contribution in [1.29, 1.82) is 0 Å². The van der Waals surface area contributed by atoms with Gasteiger partial charge in [-0.25, -0.2) is 0 Å². The maximum atomic E-state index is 6.17. The summed E-state index contributed by atoms with van der Waals surface area (Å²) < 4.78 is 16.3. The van der Waals surface area contributed by atoms with Gasteiger partial charge in [0.25, 0.3) is 0 Å². The quantitative estimate of drug-likeness (QED) is 0.903. The Bertz CT molecular complexity index is 645. The third kappa shape index (κ3) is 3.00. The Morgan fingerprint density at radius 3 is 2.95 bits per heavy atom. The van der Waals surface area contributed by atoms with Gasteiger partial charge in [0.15, 0.2) is 11.5 Å². The van der Waals surface area contributed by atoms with Crippen molar-refractivity contribution in [3.05, 3.63) is 47.0 Å². The molecular formula is C16H16ClNO3. The standard InChI is InChI=1S/C16H16ClNO3/c1-2-19-14-7-6-12(8-13(14)17)18-9-11-4-3-5-15-16(11)21-10-20-15/h3-8,18H,2,9-10H2,1H3. The van der Waals surface area contributed by atoms with Crippen LogP contribution in [0.2, 0.25) is 5.02 Å². The van der Waals surface area contributed by atoms with Crippen LogP contribution in [-0.4, -0.2) is 13.4 Å². The topological polar surface area (TPSA) is 39.7 Å². The third-order valence-corrected chi connectivity index (χ3v) is 3.49. The molecule has 21 heavy (non-hydrogen) atoms. The van der Waals surface area contributed by atoms with Gasteiger partial charge in [0, 0.05) is 17.8 Å². The lowest BCUT2D eigenvalue weighted by Gasteiger charge is -2.11. The van der Waals surface area contributed by atoms with E-state index in [0.29, 0.717) is 23.9 Å². The minimum Gasteiger partial charge on any atom is -0.492 e. The van der Waals surface area contributed by atoms with E-state index in [1.54, 1.807) is 0 Å². The van der Waals surface area contributed by atoms with E-state index in [1.807, 2.05) is 43.3 Å². The van der Waals surface area contributed by atoms with Crippen molar-refractivity contribution in [2.24, 2.45) is 0 Å². The van der Waals surface area contributed by atoms with Gasteiger partial charge in [-0.15, -0.1) is 0 Å². The van der Waals surface area contributed by atoms with E-state index in [0.717, 1.165) is 22.7 Å². The summed E-state index contributed by atoms with van der Waals surface area (Å²) in [4.78, 5) is 0. The van der Waals surface area contributed by atoms with Gasteiger partial charge in [0.1, 0.15) is 5.75 Å². The highest BCUT2D eigenvalue weighted by molar-refractivity contribution is 6.32. The molecule has 0 aliphatic carbocycles. The number of anilines is 1. The second-order valence-corrected chi connectivity index (χ2v) is 4.99. The first-order chi connectivity index (χ1) is 10.3. The molecule has 0 radical (unpaired) electrons. The molecule has 0 saturated heterocycles. The number of halogens is 1. The molecule has 1 heterocycles. The van der Waals surface area contributed by atoms with Gasteiger partial charge in [0.2, 0.25) is 6.79 Å². The zero-order chi connectivity index (χ0) is 14.7. The Kier molecular flexibility index (Phi) is 4.06. The van der Waals surface area contributed by atoms with Crippen LogP contribution in [0.1, 0.15) is 12.5 Å². The van der Waals surface area contributed by atoms with Crippen LogP contribution in [0.3, 0.4) is 0 Å². The molecule has 2 aromatic carbocycles. The van der Waals surface area contributed by atoms with Crippen LogP contribution in [0.5, 0.6) is 17.2 Å². The second-order valence-electron chi connectivity index (χ2n) is 4.58. The maximum Gasteiger partial charge on any atom is 0.231 e. The monoisotopic (exact) mass is 305 g/mol. The zero-order valence-electron chi connectivity index (χ0n) is 11.7. The molecule has 0 atom stereocenters. The van der Waals surface area contributed by atoms with Crippen molar-refractivity contribution in [2.75, 3.05) is 18.7 Å². The van der Waals surface area contributed by atoms with Crippen molar-refractivity contribution in [3.63, 3.8) is 0 Å². The summed E-state index contributed by atoms with van der Waals surface area (Å²) in [5.41, 5.74) is 1.98. The van der Waals surface area contributed by atoms with Gasteiger partial charge in [0.05, 0.1) is 11.6 Å². The molecule has 1 aliphatic heterocycles. The van der Waals surface area contributed by atoms with Gasteiger partial charge >= 0.3 is 0 Å². The number of hydrogen-bond acceptors (Lipinski definition) is 4. The largest absolute Gasteiger partial charge is 0.492 e. The van der Waals surface area contributed by atoms with Crippen LogP contribution in [0.25, 0.3) is 0 Å². The lowest BCUT2D eigenvalue weighted by atomic mass is 10.2. The van der Waals surface area contributed by atoms with Crippen LogP contribution in [0.15, 0.2) is 36.4 Å². The van der Waals surface area contributed by atoms with E-state index < -0.39 is 0 Å². The van der Waals surface area contributed by atoms with Gasteiger partial charge in [-0.05, 0) is 31.2 Å². The van der Waals surface area contributed by atoms with Crippen molar-refractivity contribution in [3.8, 4) is 17.2 Å². The minimum atomic E-state index is 0.279. The highest BCUT2D eigenvalue weighted by Crippen LogP contribution is 2.36. The second kappa shape index (κ2) is 6.14. The van der Waals surface area contributed by atoms with Crippen LogP contribution < -0.4 is 19.5 Å². The lowest BCUT2D eigenvalue weighted by molar-refractivity contribution is 0.173. The number of rotatable bonds is 5. The van der Waals surface area contributed by atoms with Crippen LogP contribution in [-0.2, 0) is 6.54 Å². The van der Waals surface area contributed by atoms with Crippen molar-refractivity contribution < 1.29 is 14.2 Å². The SMILES string of the molecule is CCOc1ccc(NCc2cccc3c2OCO3)cc1Cl. The molecule has 3 rings (SSSR count). The first kappa shape index (κ1) is 13.9. The average molecular weight is 306 g/mol. The number of hydrogen-bond donors (Lipinski definition) is 1. The number of para-hydroxylation sites is 1. The third-order valence-electron chi connectivity index (χ3n) is 3.19. The van der Waals surface area contributed by atoms with Crippen molar-refractivity contribution in [1.82, 2.24) is 0 Å². The Labute approximate surface area is 128 Å². The molecule has 5 heteroatoms.